The minimum Gasteiger partial charge on any atom is -0.324 e. The van der Waals surface area contributed by atoms with Crippen molar-refractivity contribution in [1.29, 1.82) is 0 Å². The highest BCUT2D eigenvalue weighted by atomic mass is 16.2. The number of anilines is 1. The smallest absolute Gasteiger partial charge is 0.324 e. The molecular formula is C21H22N4O2. The summed E-state index contributed by atoms with van der Waals surface area (Å²) in [5.74, 6) is 0.531. The van der Waals surface area contributed by atoms with Gasteiger partial charge in [-0.25, -0.2) is 9.48 Å². The molecule has 138 valence electrons. The normalized spacial score (nSPS) is 13.6. The van der Waals surface area contributed by atoms with Crippen LogP contribution in [0.25, 0.3) is 11.1 Å². The minimum atomic E-state index is -0.256. The Morgan fingerprint density at radius 2 is 1.78 bits per heavy atom. The quantitative estimate of drug-likeness (QED) is 0.775. The highest BCUT2D eigenvalue weighted by Gasteiger charge is 2.17. The fraction of sp³-hybridized carbons (Fsp3) is 0.286. The Morgan fingerprint density at radius 3 is 2.63 bits per heavy atom. The van der Waals surface area contributed by atoms with E-state index in [2.05, 4.69) is 10.4 Å². The molecule has 4 rings (SSSR count). The Bertz CT molecular complexity index is 1000. The van der Waals surface area contributed by atoms with E-state index in [1.165, 1.54) is 4.68 Å². The summed E-state index contributed by atoms with van der Waals surface area (Å²) in [6, 6.07) is 17.5. The molecule has 27 heavy (non-hydrogen) atoms. The lowest BCUT2D eigenvalue weighted by Crippen LogP contribution is -2.30. The Hall–Kier alpha value is -3.15. The Labute approximate surface area is 157 Å². The maximum Gasteiger partial charge on any atom is 0.346 e. The van der Waals surface area contributed by atoms with Gasteiger partial charge in [-0.05, 0) is 24.5 Å². The number of rotatable bonds is 4. The van der Waals surface area contributed by atoms with Crippen LogP contribution >= 0.6 is 0 Å². The number of carbonyl (C=O) groups is 1. The van der Waals surface area contributed by atoms with Crippen molar-refractivity contribution in [2.75, 3.05) is 5.32 Å². The van der Waals surface area contributed by atoms with Crippen LogP contribution in [0.15, 0.2) is 59.4 Å². The number of aromatic nitrogens is 3. The van der Waals surface area contributed by atoms with Gasteiger partial charge in [0.2, 0.25) is 5.91 Å². The fourth-order valence-corrected chi connectivity index (χ4v) is 3.52. The van der Waals surface area contributed by atoms with Crippen molar-refractivity contribution in [3.8, 4) is 11.1 Å². The van der Waals surface area contributed by atoms with Crippen molar-refractivity contribution in [3.05, 3.63) is 70.9 Å². The number of hydrogen-bond acceptors (Lipinski definition) is 3. The minimum absolute atomic E-state index is 0.0814. The molecule has 0 bridgehead atoms. The van der Waals surface area contributed by atoms with Crippen LogP contribution < -0.4 is 11.0 Å². The molecule has 0 saturated carbocycles. The van der Waals surface area contributed by atoms with Crippen molar-refractivity contribution in [2.45, 2.75) is 38.8 Å². The third-order valence-electron chi connectivity index (χ3n) is 4.86. The molecule has 0 aliphatic carbocycles. The molecule has 1 N–H and O–H groups in total. The number of nitrogens with one attached hydrogen (secondary N) is 1. The van der Waals surface area contributed by atoms with E-state index < -0.39 is 0 Å². The number of amides is 1. The zero-order valence-electron chi connectivity index (χ0n) is 15.1. The first-order valence-electron chi connectivity index (χ1n) is 9.33. The second-order valence-corrected chi connectivity index (χ2v) is 6.78. The second-order valence-electron chi connectivity index (χ2n) is 6.78. The number of hydrogen-bond donors (Lipinski definition) is 1. The third-order valence-corrected chi connectivity index (χ3v) is 4.86. The van der Waals surface area contributed by atoms with Crippen LogP contribution in [0.2, 0.25) is 0 Å². The summed E-state index contributed by atoms with van der Waals surface area (Å²) in [4.78, 5) is 25.1. The van der Waals surface area contributed by atoms with Gasteiger partial charge in [-0.2, -0.15) is 5.10 Å². The summed E-state index contributed by atoms with van der Waals surface area (Å²) in [7, 11) is 0. The molecule has 1 aromatic heterocycles. The van der Waals surface area contributed by atoms with Crippen LogP contribution in [0.5, 0.6) is 0 Å². The van der Waals surface area contributed by atoms with Crippen LogP contribution in [0.1, 0.15) is 25.1 Å². The van der Waals surface area contributed by atoms with E-state index in [0.29, 0.717) is 6.54 Å². The zero-order chi connectivity index (χ0) is 18.6. The van der Waals surface area contributed by atoms with Crippen LogP contribution in [0.4, 0.5) is 5.69 Å². The van der Waals surface area contributed by atoms with Gasteiger partial charge < -0.3 is 5.32 Å². The lowest BCUT2D eigenvalue weighted by molar-refractivity contribution is -0.117. The maximum atomic E-state index is 12.6. The largest absolute Gasteiger partial charge is 0.346 e. The van der Waals surface area contributed by atoms with Gasteiger partial charge in [0.1, 0.15) is 12.4 Å². The molecule has 6 nitrogen and oxygen atoms in total. The van der Waals surface area contributed by atoms with E-state index in [-0.39, 0.29) is 18.1 Å². The summed E-state index contributed by atoms with van der Waals surface area (Å²) in [6.07, 6.45) is 3.92. The first kappa shape index (κ1) is 17.3. The van der Waals surface area contributed by atoms with E-state index in [9.17, 15) is 9.59 Å². The molecule has 0 radical (unpaired) electrons. The topological polar surface area (TPSA) is 68.9 Å². The first-order valence-corrected chi connectivity index (χ1v) is 9.33. The molecule has 6 heteroatoms. The van der Waals surface area contributed by atoms with Crippen molar-refractivity contribution >= 4 is 11.6 Å². The first-order chi connectivity index (χ1) is 13.2. The monoisotopic (exact) mass is 362 g/mol. The summed E-state index contributed by atoms with van der Waals surface area (Å²) in [5.41, 5.74) is 2.50. The van der Waals surface area contributed by atoms with Gasteiger partial charge in [-0.1, -0.05) is 55.0 Å². The second kappa shape index (κ2) is 7.61. The van der Waals surface area contributed by atoms with E-state index in [1.54, 1.807) is 4.57 Å². The molecular weight excluding hydrogens is 340 g/mol. The van der Waals surface area contributed by atoms with Crippen LogP contribution in [0, 0.1) is 0 Å². The van der Waals surface area contributed by atoms with Crippen molar-refractivity contribution in [3.63, 3.8) is 0 Å². The summed E-state index contributed by atoms with van der Waals surface area (Å²) in [5, 5.41) is 7.31. The van der Waals surface area contributed by atoms with Gasteiger partial charge in [0.05, 0.1) is 0 Å². The fourth-order valence-electron chi connectivity index (χ4n) is 3.52. The highest BCUT2D eigenvalue weighted by Crippen LogP contribution is 2.27. The zero-order valence-corrected chi connectivity index (χ0v) is 15.1. The van der Waals surface area contributed by atoms with Gasteiger partial charge in [0, 0.05) is 24.2 Å². The van der Waals surface area contributed by atoms with E-state index in [4.69, 9.17) is 0 Å². The average molecular weight is 362 g/mol. The number of para-hydroxylation sites is 1. The molecule has 1 aliphatic heterocycles. The SMILES string of the molecule is O=C(Cn1nc2n(c1=O)CCCCC2)Nc1ccccc1-c1ccccc1. The number of aryl methyl sites for hydroxylation is 1. The number of carbonyl (C=O) groups excluding carboxylic acids is 1. The molecule has 2 heterocycles. The molecule has 1 aliphatic rings. The molecule has 0 unspecified atom stereocenters. The van der Waals surface area contributed by atoms with Gasteiger partial charge in [0.15, 0.2) is 0 Å². The number of benzene rings is 2. The predicted octanol–water partition coefficient (Wildman–Crippen LogP) is 3.08. The molecule has 0 fully saturated rings. The van der Waals surface area contributed by atoms with Crippen LogP contribution in [0.3, 0.4) is 0 Å². The highest BCUT2D eigenvalue weighted by molar-refractivity contribution is 5.95. The predicted molar refractivity (Wildman–Crippen MR) is 105 cm³/mol. The summed E-state index contributed by atoms with van der Waals surface area (Å²) >= 11 is 0. The van der Waals surface area contributed by atoms with Gasteiger partial charge in [-0.3, -0.25) is 9.36 Å². The molecule has 2 aromatic carbocycles. The van der Waals surface area contributed by atoms with Crippen LogP contribution in [-0.4, -0.2) is 20.3 Å². The lowest BCUT2D eigenvalue weighted by atomic mass is 10.0. The lowest BCUT2D eigenvalue weighted by Gasteiger charge is -2.11. The Kier molecular flexibility index (Phi) is 4.87. The van der Waals surface area contributed by atoms with E-state index in [0.717, 1.165) is 48.3 Å². The Morgan fingerprint density at radius 1 is 1.00 bits per heavy atom. The van der Waals surface area contributed by atoms with Crippen molar-refractivity contribution in [1.82, 2.24) is 14.3 Å². The number of nitrogens with zero attached hydrogens (tertiary/aromatic N) is 3. The maximum absolute atomic E-state index is 12.6. The molecule has 0 atom stereocenters. The van der Waals surface area contributed by atoms with E-state index in [1.807, 2.05) is 54.6 Å². The molecule has 3 aromatic rings. The summed E-state index contributed by atoms with van der Waals surface area (Å²) in [6.45, 7) is 0.606. The van der Waals surface area contributed by atoms with Gasteiger partial charge in [-0.15, -0.1) is 0 Å². The van der Waals surface area contributed by atoms with Crippen LogP contribution in [-0.2, 0) is 24.3 Å². The third kappa shape index (κ3) is 3.69. The van der Waals surface area contributed by atoms with Crippen molar-refractivity contribution < 1.29 is 4.79 Å². The molecule has 0 saturated heterocycles. The number of fused-ring (bicyclic) bond motifs is 1. The molecule has 1 amide bonds. The van der Waals surface area contributed by atoms with Gasteiger partial charge >= 0.3 is 5.69 Å². The molecule has 0 spiro atoms. The summed E-state index contributed by atoms with van der Waals surface area (Å²) < 4.78 is 2.99. The standard InChI is InChI=1S/C21H22N4O2/c26-20(15-25-21(27)24-14-8-2-5-13-19(24)23-25)22-18-12-7-6-11-17(18)16-9-3-1-4-10-16/h1,3-4,6-7,9-12H,2,5,8,13-15H2,(H,22,26). The van der Waals surface area contributed by atoms with E-state index >= 15 is 0 Å². The Balaban J connectivity index is 1.54. The average Bonchev–Trinajstić information content (AvgIpc) is 2.86. The van der Waals surface area contributed by atoms with Gasteiger partial charge in [0.25, 0.3) is 0 Å². The van der Waals surface area contributed by atoms with Crippen molar-refractivity contribution in [2.24, 2.45) is 0 Å².